The van der Waals surface area contributed by atoms with Crippen molar-refractivity contribution in [1.29, 1.82) is 0 Å². The fourth-order valence-corrected chi connectivity index (χ4v) is 4.96. The zero-order valence-corrected chi connectivity index (χ0v) is 15.8. The van der Waals surface area contributed by atoms with Gasteiger partial charge in [-0.15, -0.1) is 11.8 Å². The van der Waals surface area contributed by atoms with Crippen molar-refractivity contribution < 1.29 is 8.42 Å². The molecule has 2 aliphatic rings. The standard InChI is InChI=1S/C16H26N4O2S2/c1-20-7-8-23-16(20)11-18-15-10-17-9-14(19-15)12-3-5-13(6-4-12)24(2,21)22/h3-6,14-19H,7-11H2,1-2H3. The average molecular weight is 371 g/mol. The van der Waals surface area contributed by atoms with Gasteiger partial charge in [-0.1, -0.05) is 12.1 Å². The first-order chi connectivity index (χ1) is 11.4. The molecule has 0 saturated carbocycles. The topological polar surface area (TPSA) is 73.5 Å². The summed E-state index contributed by atoms with van der Waals surface area (Å²) in [6.45, 7) is 3.84. The van der Waals surface area contributed by atoms with Crippen LogP contribution in [0.4, 0.5) is 0 Å². The summed E-state index contributed by atoms with van der Waals surface area (Å²) in [5, 5.41) is 11.2. The average Bonchev–Trinajstić information content (AvgIpc) is 2.98. The van der Waals surface area contributed by atoms with Gasteiger partial charge in [0.05, 0.1) is 16.4 Å². The van der Waals surface area contributed by atoms with Crippen molar-refractivity contribution in [3.8, 4) is 0 Å². The van der Waals surface area contributed by atoms with Gasteiger partial charge in [-0.3, -0.25) is 15.5 Å². The molecule has 134 valence electrons. The molecule has 1 aromatic rings. The van der Waals surface area contributed by atoms with Crippen molar-refractivity contribution >= 4 is 21.6 Å². The molecule has 2 saturated heterocycles. The van der Waals surface area contributed by atoms with Crippen LogP contribution in [0.5, 0.6) is 0 Å². The first-order valence-electron chi connectivity index (χ1n) is 8.25. The summed E-state index contributed by atoms with van der Waals surface area (Å²) in [6.07, 6.45) is 1.45. The smallest absolute Gasteiger partial charge is 0.175 e. The second kappa shape index (κ2) is 7.72. The molecule has 0 spiro atoms. The van der Waals surface area contributed by atoms with Gasteiger partial charge in [0.1, 0.15) is 0 Å². The van der Waals surface area contributed by atoms with E-state index in [-0.39, 0.29) is 12.2 Å². The summed E-state index contributed by atoms with van der Waals surface area (Å²) < 4.78 is 23.1. The van der Waals surface area contributed by atoms with E-state index in [1.54, 1.807) is 12.1 Å². The van der Waals surface area contributed by atoms with Crippen LogP contribution in [-0.4, -0.2) is 70.1 Å². The van der Waals surface area contributed by atoms with Gasteiger partial charge in [0.2, 0.25) is 0 Å². The number of nitrogens with zero attached hydrogens (tertiary/aromatic N) is 1. The maximum Gasteiger partial charge on any atom is 0.175 e. The van der Waals surface area contributed by atoms with Crippen molar-refractivity contribution in [3.05, 3.63) is 29.8 Å². The molecule has 3 rings (SSSR count). The van der Waals surface area contributed by atoms with E-state index in [1.165, 1.54) is 12.0 Å². The lowest BCUT2D eigenvalue weighted by molar-refractivity contribution is 0.275. The second-order valence-corrected chi connectivity index (χ2v) is 9.79. The third-order valence-corrected chi connectivity index (χ3v) is 7.05. The van der Waals surface area contributed by atoms with Gasteiger partial charge in [-0.05, 0) is 24.7 Å². The van der Waals surface area contributed by atoms with Gasteiger partial charge < -0.3 is 5.32 Å². The molecule has 1 aromatic carbocycles. The Morgan fingerprint density at radius 1 is 1.29 bits per heavy atom. The van der Waals surface area contributed by atoms with Gasteiger partial charge in [-0.25, -0.2) is 8.42 Å². The molecule has 8 heteroatoms. The molecule has 3 atom stereocenters. The van der Waals surface area contributed by atoms with Crippen LogP contribution < -0.4 is 16.0 Å². The number of rotatable bonds is 5. The minimum atomic E-state index is -3.14. The van der Waals surface area contributed by atoms with Gasteiger partial charge in [0, 0.05) is 44.2 Å². The fourth-order valence-electron chi connectivity index (χ4n) is 3.09. The molecule has 3 N–H and O–H groups in total. The third kappa shape index (κ3) is 4.50. The predicted molar refractivity (Wildman–Crippen MR) is 99.0 cm³/mol. The number of piperazine rings is 1. The highest BCUT2D eigenvalue weighted by Crippen LogP contribution is 2.21. The number of thioether (sulfide) groups is 1. The molecule has 0 aromatic heterocycles. The summed E-state index contributed by atoms with van der Waals surface area (Å²) in [6, 6.07) is 7.36. The number of benzene rings is 1. The van der Waals surface area contributed by atoms with Gasteiger partial charge in [-0.2, -0.15) is 0 Å². The first-order valence-corrected chi connectivity index (χ1v) is 11.2. The van der Waals surface area contributed by atoms with Gasteiger partial charge in [0.25, 0.3) is 0 Å². The van der Waals surface area contributed by atoms with Crippen LogP contribution in [0.1, 0.15) is 11.6 Å². The minimum absolute atomic E-state index is 0.179. The van der Waals surface area contributed by atoms with E-state index in [0.29, 0.717) is 10.3 Å². The van der Waals surface area contributed by atoms with Gasteiger partial charge >= 0.3 is 0 Å². The Hall–Kier alpha value is -0.640. The summed E-state index contributed by atoms with van der Waals surface area (Å²) in [5.74, 6) is 1.20. The van der Waals surface area contributed by atoms with E-state index >= 15 is 0 Å². The van der Waals surface area contributed by atoms with Crippen LogP contribution in [-0.2, 0) is 9.84 Å². The monoisotopic (exact) mass is 370 g/mol. The Bertz CT molecular complexity index is 651. The Morgan fingerprint density at radius 3 is 2.67 bits per heavy atom. The van der Waals surface area contributed by atoms with E-state index < -0.39 is 9.84 Å². The van der Waals surface area contributed by atoms with Crippen molar-refractivity contribution in [3.63, 3.8) is 0 Å². The largest absolute Gasteiger partial charge is 0.312 e. The van der Waals surface area contributed by atoms with E-state index in [1.807, 2.05) is 23.9 Å². The number of likely N-dealkylation sites (N-methyl/N-ethyl adjacent to an activating group) is 1. The van der Waals surface area contributed by atoms with Crippen molar-refractivity contribution in [1.82, 2.24) is 20.9 Å². The zero-order chi connectivity index (χ0) is 17.2. The molecule has 0 radical (unpaired) electrons. The van der Waals surface area contributed by atoms with Crippen LogP contribution in [0, 0.1) is 0 Å². The summed E-state index contributed by atoms with van der Waals surface area (Å²) in [4.78, 5) is 2.75. The Balaban J connectivity index is 1.57. The third-order valence-electron chi connectivity index (χ3n) is 4.59. The zero-order valence-electron chi connectivity index (χ0n) is 14.2. The quantitative estimate of drug-likeness (QED) is 0.686. The van der Waals surface area contributed by atoms with Crippen LogP contribution in [0.25, 0.3) is 0 Å². The number of hydrogen-bond donors (Lipinski definition) is 3. The Labute approximate surface area is 148 Å². The molecule has 3 unspecified atom stereocenters. The number of nitrogens with one attached hydrogen (secondary N) is 3. The Morgan fingerprint density at radius 2 is 2.04 bits per heavy atom. The molecule has 0 aliphatic carbocycles. The molecule has 24 heavy (non-hydrogen) atoms. The molecular weight excluding hydrogens is 344 g/mol. The lowest BCUT2D eigenvalue weighted by Crippen LogP contribution is -2.58. The highest BCUT2D eigenvalue weighted by Gasteiger charge is 2.25. The van der Waals surface area contributed by atoms with E-state index in [2.05, 4.69) is 27.9 Å². The maximum atomic E-state index is 11.6. The lowest BCUT2D eigenvalue weighted by atomic mass is 10.0. The fraction of sp³-hybridized carbons (Fsp3) is 0.625. The van der Waals surface area contributed by atoms with Crippen molar-refractivity contribution in [2.45, 2.75) is 22.5 Å². The van der Waals surface area contributed by atoms with E-state index in [4.69, 9.17) is 0 Å². The number of hydrogen-bond acceptors (Lipinski definition) is 7. The molecular formula is C16H26N4O2S2. The van der Waals surface area contributed by atoms with Gasteiger partial charge in [0.15, 0.2) is 9.84 Å². The SMILES string of the molecule is CN1CCSC1CNC1CNCC(c2ccc(S(C)(=O)=O)cc2)N1. The number of sulfone groups is 1. The molecule has 2 aliphatic heterocycles. The molecule has 0 amide bonds. The molecule has 6 nitrogen and oxygen atoms in total. The minimum Gasteiger partial charge on any atom is -0.312 e. The molecule has 2 fully saturated rings. The van der Waals surface area contributed by atoms with Crippen LogP contribution in [0.2, 0.25) is 0 Å². The van der Waals surface area contributed by atoms with E-state index in [9.17, 15) is 8.42 Å². The lowest BCUT2D eigenvalue weighted by Gasteiger charge is -2.34. The summed E-state index contributed by atoms with van der Waals surface area (Å²) >= 11 is 2.00. The summed E-state index contributed by atoms with van der Waals surface area (Å²) in [7, 11) is -0.968. The molecule has 0 bridgehead atoms. The normalized spacial score (nSPS) is 29.0. The van der Waals surface area contributed by atoms with Crippen LogP contribution in [0.15, 0.2) is 29.2 Å². The Kier molecular flexibility index (Phi) is 5.84. The highest BCUT2D eigenvalue weighted by molar-refractivity contribution is 8.00. The maximum absolute atomic E-state index is 11.6. The van der Waals surface area contributed by atoms with Crippen molar-refractivity contribution in [2.24, 2.45) is 0 Å². The van der Waals surface area contributed by atoms with Crippen LogP contribution >= 0.6 is 11.8 Å². The first kappa shape index (κ1) is 18.2. The second-order valence-electron chi connectivity index (χ2n) is 6.49. The van der Waals surface area contributed by atoms with Crippen molar-refractivity contribution in [2.75, 3.05) is 45.2 Å². The summed E-state index contributed by atoms with van der Waals surface area (Å²) in [5.41, 5.74) is 1.11. The van der Waals surface area contributed by atoms with Crippen LogP contribution in [0.3, 0.4) is 0 Å². The predicted octanol–water partition coefficient (Wildman–Crippen LogP) is 0.244. The highest BCUT2D eigenvalue weighted by atomic mass is 32.2. The molecule has 2 heterocycles. The van der Waals surface area contributed by atoms with E-state index in [0.717, 1.165) is 31.7 Å².